The number of rotatable bonds is 6. The van der Waals surface area contributed by atoms with Crippen LogP contribution in [0.5, 0.6) is 0 Å². The van der Waals surface area contributed by atoms with Crippen LogP contribution in [-0.2, 0) is 14.6 Å². The Balaban J connectivity index is 1.42. The highest BCUT2D eigenvalue weighted by Gasteiger charge is 2.56. The van der Waals surface area contributed by atoms with Crippen molar-refractivity contribution in [1.82, 2.24) is 10.2 Å². The van der Waals surface area contributed by atoms with E-state index in [-0.39, 0.29) is 39.5 Å². The van der Waals surface area contributed by atoms with E-state index < -0.39 is 51.0 Å². The van der Waals surface area contributed by atoms with Crippen LogP contribution in [0.4, 0.5) is 8.78 Å². The number of aryl methyl sites for hydroxylation is 1. The van der Waals surface area contributed by atoms with Gasteiger partial charge in [-0.1, -0.05) is 6.07 Å². The molecule has 0 aromatic heterocycles. The number of carbonyl (C=O) groups excluding carboxylic acids is 2. The number of amides is 2. The van der Waals surface area contributed by atoms with E-state index in [1.807, 2.05) is 0 Å². The van der Waals surface area contributed by atoms with Crippen LogP contribution in [0.2, 0.25) is 0 Å². The van der Waals surface area contributed by atoms with Crippen molar-refractivity contribution in [2.24, 2.45) is 11.8 Å². The van der Waals surface area contributed by atoms with Gasteiger partial charge in [-0.05, 0) is 87.3 Å². The number of carbonyl (C=O) groups is 2. The van der Waals surface area contributed by atoms with Gasteiger partial charge in [-0.15, -0.1) is 0 Å². The molecule has 2 aliphatic carbocycles. The summed E-state index contributed by atoms with van der Waals surface area (Å²) < 4.78 is 53.3. The van der Waals surface area contributed by atoms with Crippen LogP contribution in [0, 0.1) is 30.4 Å². The maximum atomic E-state index is 15.0. The van der Waals surface area contributed by atoms with Crippen LogP contribution in [0.1, 0.15) is 60.1 Å². The molecule has 1 saturated heterocycles. The molecule has 3 aliphatic rings. The Hall–Kier alpha value is -2.85. The maximum Gasteiger partial charge on any atom is 0.254 e. The number of fused-ring (bicyclic) bond motifs is 1. The average Bonchev–Trinajstić information content (AvgIpc) is 3.47. The lowest BCUT2D eigenvalue weighted by atomic mass is 9.67. The number of halogens is 2. The molecule has 2 aromatic carbocycles. The molecule has 2 amide bonds. The van der Waals surface area contributed by atoms with Crippen molar-refractivity contribution in [3.63, 3.8) is 0 Å². The molecule has 2 N–H and O–H groups in total. The lowest BCUT2D eigenvalue weighted by molar-refractivity contribution is -0.128. The molecule has 37 heavy (non-hydrogen) atoms. The Labute approximate surface area is 214 Å². The summed E-state index contributed by atoms with van der Waals surface area (Å²) in [6, 6.07) is 6.10. The molecule has 198 valence electrons. The fourth-order valence-electron chi connectivity index (χ4n) is 5.90. The zero-order valence-electron chi connectivity index (χ0n) is 20.9. The Kier molecular flexibility index (Phi) is 6.18. The first-order chi connectivity index (χ1) is 17.2. The molecule has 0 radical (unpaired) electrons. The Morgan fingerprint density at radius 3 is 2.49 bits per heavy atom. The summed E-state index contributed by atoms with van der Waals surface area (Å²) in [5.74, 6) is -2.29. The molecule has 2 saturated carbocycles. The van der Waals surface area contributed by atoms with Crippen LogP contribution in [0.25, 0.3) is 0 Å². The standard InChI is InChI=1S/C27H30F2N2O5S/c1-14-7-21(29)19(11-20(14)28)24(17-12-27(2,34)13-17)30-25(32)23-10-16-9-22(16)31(23)26(33)15-5-4-6-18(8-15)37(3,35)36/h4-8,11,16-17,22-24,34H,9-10,12-13H2,1-3H3,(H,30,32)/t16-,17?,22-,23-,24?,27?/m1/s1. The van der Waals surface area contributed by atoms with Crippen molar-refractivity contribution in [2.75, 3.05) is 6.26 Å². The van der Waals surface area contributed by atoms with Gasteiger partial charge in [0.05, 0.1) is 16.5 Å². The Morgan fingerprint density at radius 1 is 1.14 bits per heavy atom. The van der Waals surface area contributed by atoms with Crippen molar-refractivity contribution in [3.05, 3.63) is 64.7 Å². The zero-order chi connectivity index (χ0) is 26.9. The Bertz CT molecular complexity index is 1390. The molecule has 1 unspecified atom stereocenters. The van der Waals surface area contributed by atoms with E-state index in [4.69, 9.17) is 0 Å². The van der Waals surface area contributed by atoms with Gasteiger partial charge >= 0.3 is 0 Å². The SMILES string of the molecule is Cc1cc(F)c(C(NC(=O)[C@H]2C[C@H]3C[C@H]3N2C(=O)c2cccc(S(C)(=O)=O)c2)C2CC(C)(O)C2)cc1F. The number of benzene rings is 2. The molecule has 1 heterocycles. The average molecular weight is 533 g/mol. The molecule has 4 atom stereocenters. The third-order valence-corrected chi connectivity index (χ3v) is 9.05. The van der Waals surface area contributed by atoms with Crippen LogP contribution in [0.3, 0.4) is 0 Å². The van der Waals surface area contributed by atoms with Crippen LogP contribution < -0.4 is 5.32 Å². The number of sulfone groups is 1. The monoisotopic (exact) mass is 532 g/mol. The summed E-state index contributed by atoms with van der Waals surface area (Å²) in [6.07, 6.45) is 2.87. The number of hydrogen-bond donors (Lipinski definition) is 2. The number of hydrogen-bond acceptors (Lipinski definition) is 5. The maximum absolute atomic E-state index is 15.0. The minimum absolute atomic E-state index is 0.0128. The van der Waals surface area contributed by atoms with Crippen molar-refractivity contribution >= 4 is 21.7 Å². The third-order valence-electron chi connectivity index (χ3n) is 7.94. The summed E-state index contributed by atoms with van der Waals surface area (Å²) in [7, 11) is -3.52. The third kappa shape index (κ3) is 4.88. The zero-order valence-corrected chi connectivity index (χ0v) is 21.7. The van der Waals surface area contributed by atoms with Crippen molar-refractivity contribution < 1.29 is 31.9 Å². The first-order valence-corrected chi connectivity index (χ1v) is 14.3. The van der Waals surface area contributed by atoms with Crippen LogP contribution >= 0.6 is 0 Å². The highest BCUT2D eigenvalue weighted by Crippen LogP contribution is 2.49. The number of nitrogens with zero attached hydrogens (tertiary/aromatic N) is 1. The number of nitrogens with one attached hydrogen (secondary N) is 1. The lowest BCUT2D eigenvalue weighted by Gasteiger charge is -2.45. The molecule has 1 aliphatic heterocycles. The molecule has 0 spiro atoms. The second-order valence-electron chi connectivity index (χ2n) is 11.1. The van der Waals surface area contributed by atoms with Gasteiger partial charge < -0.3 is 15.3 Å². The molecular formula is C27H30F2N2O5S. The molecule has 5 rings (SSSR count). The van der Waals surface area contributed by atoms with E-state index in [0.717, 1.165) is 24.8 Å². The lowest BCUT2D eigenvalue weighted by Crippen LogP contribution is -2.52. The van der Waals surface area contributed by atoms with Gasteiger partial charge in [-0.3, -0.25) is 9.59 Å². The van der Waals surface area contributed by atoms with Gasteiger partial charge in [0.1, 0.15) is 17.7 Å². The van der Waals surface area contributed by atoms with E-state index in [1.54, 1.807) is 6.92 Å². The van der Waals surface area contributed by atoms with Crippen LogP contribution in [-0.4, -0.2) is 54.2 Å². The summed E-state index contributed by atoms with van der Waals surface area (Å²) >= 11 is 0. The normalized spacial score (nSPS) is 29.3. The number of likely N-dealkylation sites (tertiary alicyclic amines) is 1. The molecule has 3 fully saturated rings. The number of aliphatic hydroxyl groups is 1. The second kappa shape index (κ2) is 8.87. The quantitative estimate of drug-likeness (QED) is 0.594. The predicted molar refractivity (Wildman–Crippen MR) is 131 cm³/mol. The van der Waals surface area contributed by atoms with E-state index in [2.05, 4.69) is 5.32 Å². The van der Waals surface area contributed by atoms with Crippen molar-refractivity contribution in [3.8, 4) is 0 Å². The highest BCUT2D eigenvalue weighted by atomic mass is 32.2. The minimum atomic E-state index is -3.52. The van der Waals surface area contributed by atoms with Gasteiger partial charge in [0.15, 0.2) is 9.84 Å². The van der Waals surface area contributed by atoms with Gasteiger partial charge in [0, 0.05) is 23.4 Å². The minimum Gasteiger partial charge on any atom is -0.390 e. The van der Waals surface area contributed by atoms with E-state index in [9.17, 15) is 31.9 Å². The summed E-state index contributed by atoms with van der Waals surface area (Å²) in [5, 5.41) is 13.1. The van der Waals surface area contributed by atoms with E-state index in [0.29, 0.717) is 19.3 Å². The topological polar surface area (TPSA) is 104 Å². The highest BCUT2D eigenvalue weighted by molar-refractivity contribution is 7.90. The summed E-state index contributed by atoms with van der Waals surface area (Å²) in [4.78, 5) is 28.5. The first-order valence-electron chi connectivity index (χ1n) is 12.4. The van der Waals surface area contributed by atoms with Gasteiger partial charge in [-0.25, -0.2) is 17.2 Å². The Morgan fingerprint density at radius 2 is 1.84 bits per heavy atom. The van der Waals surface area contributed by atoms with E-state index >= 15 is 0 Å². The van der Waals surface area contributed by atoms with Crippen molar-refractivity contribution in [2.45, 2.75) is 68.2 Å². The molecule has 7 nitrogen and oxygen atoms in total. The largest absolute Gasteiger partial charge is 0.390 e. The molecule has 10 heteroatoms. The molecular weight excluding hydrogens is 502 g/mol. The van der Waals surface area contributed by atoms with Crippen LogP contribution in [0.15, 0.2) is 41.3 Å². The van der Waals surface area contributed by atoms with E-state index in [1.165, 1.54) is 36.1 Å². The van der Waals surface area contributed by atoms with Gasteiger partial charge in [0.25, 0.3) is 5.91 Å². The predicted octanol–water partition coefficient (Wildman–Crippen LogP) is 3.30. The number of piperidine rings is 1. The molecule has 2 aromatic rings. The smallest absolute Gasteiger partial charge is 0.254 e. The van der Waals surface area contributed by atoms with Gasteiger partial charge in [-0.2, -0.15) is 0 Å². The molecule has 0 bridgehead atoms. The summed E-state index contributed by atoms with van der Waals surface area (Å²) in [5.41, 5.74) is -0.615. The summed E-state index contributed by atoms with van der Waals surface area (Å²) in [6.45, 7) is 3.11. The fraction of sp³-hybridized carbons (Fsp3) is 0.481. The van der Waals surface area contributed by atoms with Crippen molar-refractivity contribution in [1.29, 1.82) is 0 Å². The first kappa shape index (κ1) is 25.8. The second-order valence-corrected chi connectivity index (χ2v) is 13.1. The van der Waals surface area contributed by atoms with Gasteiger partial charge in [0.2, 0.25) is 5.91 Å². The fourth-order valence-corrected chi connectivity index (χ4v) is 6.56.